The number of aromatic nitrogens is 1. The highest BCUT2D eigenvalue weighted by atomic mass is 16.5. The van der Waals surface area contributed by atoms with Gasteiger partial charge >= 0.3 is 0 Å². The summed E-state index contributed by atoms with van der Waals surface area (Å²) in [6.07, 6.45) is 1.38. The second-order valence-corrected chi connectivity index (χ2v) is 10.2. The van der Waals surface area contributed by atoms with E-state index in [1.54, 1.807) is 12.1 Å². The highest BCUT2D eigenvalue weighted by molar-refractivity contribution is 6.05. The third-order valence-corrected chi connectivity index (χ3v) is 6.80. The molecule has 0 aliphatic carbocycles. The number of carbonyl (C=O) groups is 1. The van der Waals surface area contributed by atoms with Gasteiger partial charge in [0.15, 0.2) is 5.58 Å². The Labute approximate surface area is 216 Å². The van der Waals surface area contributed by atoms with Gasteiger partial charge < -0.3 is 14.5 Å². The van der Waals surface area contributed by atoms with E-state index in [0.29, 0.717) is 23.6 Å². The molecule has 1 amide bonds. The fraction of sp³-hybridized carbons (Fsp3) is 0.188. The molecule has 5 aromatic rings. The number of nitrogens with one attached hydrogen (secondary N) is 1. The molecule has 5 nitrogen and oxygen atoms in total. The third-order valence-electron chi connectivity index (χ3n) is 6.80. The second-order valence-electron chi connectivity index (χ2n) is 10.2. The van der Waals surface area contributed by atoms with Crippen molar-refractivity contribution in [2.24, 2.45) is 0 Å². The first-order valence-electron chi connectivity index (χ1n) is 12.5. The van der Waals surface area contributed by atoms with E-state index < -0.39 is 5.60 Å². The van der Waals surface area contributed by atoms with Crippen LogP contribution in [0.25, 0.3) is 22.6 Å². The van der Waals surface area contributed by atoms with Gasteiger partial charge in [0.2, 0.25) is 5.89 Å². The molecule has 184 valence electrons. The molecule has 1 N–H and O–H groups in total. The number of ether oxygens (including phenoxy) is 1. The maximum atomic E-state index is 12.9. The molecule has 0 saturated carbocycles. The topological polar surface area (TPSA) is 64.4 Å². The molecule has 2 heterocycles. The molecule has 4 aromatic carbocycles. The van der Waals surface area contributed by atoms with E-state index in [1.165, 1.54) is 0 Å². The monoisotopic (exact) mass is 488 g/mol. The Morgan fingerprint density at radius 3 is 2.41 bits per heavy atom. The van der Waals surface area contributed by atoms with Gasteiger partial charge in [0.25, 0.3) is 5.91 Å². The van der Waals surface area contributed by atoms with Gasteiger partial charge in [-0.3, -0.25) is 4.79 Å². The summed E-state index contributed by atoms with van der Waals surface area (Å²) in [5, 5.41) is 3.07. The first-order chi connectivity index (χ1) is 17.9. The molecular weight excluding hydrogens is 460 g/mol. The minimum absolute atomic E-state index is 0.152. The summed E-state index contributed by atoms with van der Waals surface area (Å²) in [6, 6.07) is 27.5. The summed E-state index contributed by atoms with van der Waals surface area (Å²) in [5.74, 6) is 1.20. The second kappa shape index (κ2) is 8.93. The molecule has 0 radical (unpaired) electrons. The number of amides is 1. The number of benzene rings is 4. The van der Waals surface area contributed by atoms with Gasteiger partial charge in [-0.25, -0.2) is 4.98 Å². The number of hydrogen-bond acceptors (Lipinski definition) is 4. The summed E-state index contributed by atoms with van der Waals surface area (Å²) in [7, 11) is 0. The van der Waals surface area contributed by atoms with Crippen molar-refractivity contribution in [1.29, 1.82) is 0 Å². The van der Waals surface area contributed by atoms with Crippen LogP contribution < -0.4 is 10.1 Å². The van der Waals surface area contributed by atoms with Crippen molar-refractivity contribution < 1.29 is 13.9 Å². The number of rotatable bonds is 5. The Bertz CT molecular complexity index is 1620. The molecule has 1 aliphatic rings. The van der Waals surface area contributed by atoms with Gasteiger partial charge in [0.1, 0.15) is 16.9 Å². The van der Waals surface area contributed by atoms with Crippen LogP contribution in [-0.2, 0) is 12.8 Å². The van der Waals surface area contributed by atoms with E-state index in [1.807, 2.05) is 61.5 Å². The zero-order valence-electron chi connectivity index (χ0n) is 21.2. The van der Waals surface area contributed by atoms with E-state index >= 15 is 0 Å². The number of nitrogens with zero attached hydrogens (tertiary/aromatic N) is 1. The van der Waals surface area contributed by atoms with Crippen LogP contribution in [0.1, 0.15) is 39.5 Å². The number of oxazole rings is 1. The summed E-state index contributed by atoms with van der Waals surface area (Å²) in [5.41, 5.74) is 7.77. The number of aryl methyl sites for hydroxylation is 2. The molecule has 1 unspecified atom stereocenters. The van der Waals surface area contributed by atoms with Crippen LogP contribution in [0, 0.1) is 13.8 Å². The van der Waals surface area contributed by atoms with E-state index in [4.69, 9.17) is 14.1 Å². The average molecular weight is 489 g/mol. The van der Waals surface area contributed by atoms with Gasteiger partial charge in [-0.15, -0.1) is 0 Å². The highest BCUT2D eigenvalue weighted by Crippen LogP contribution is 2.44. The zero-order valence-corrected chi connectivity index (χ0v) is 21.2. The summed E-state index contributed by atoms with van der Waals surface area (Å²) >= 11 is 0. The first-order valence-corrected chi connectivity index (χ1v) is 12.5. The van der Waals surface area contributed by atoms with Crippen molar-refractivity contribution in [2.75, 3.05) is 5.32 Å². The van der Waals surface area contributed by atoms with Crippen molar-refractivity contribution in [3.8, 4) is 17.2 Å². The fourth-order valence-electron chi connectivity index (χ4n) is 5.26. The molecule has 5 heteroatoms. The standard InChI is InChI=1S/C32H28N2O3/c1-20-14-24(28-26(16-20)34-31(36-28)23-12-8-5-9-13-23)18-32(3)19-25-15-21(2)17-27(29(25)37-32)33-30(35)22-10-6-4-7-11-22/h4-17H,18-19H2,1-3H3,(H,33,35). The van der Waals surface area contributed by atoms with Crippen LogP contribution in [0.5, 0.6) is 5.75 Å². The van der Waals surface area contributed by atoms with Crippen molar-refractivity contribution in [3.63, 3.8) is 0 Å². The predicted molar refractivity (Wildman–Crippen MR) is 146 cm³/mol. The summed E-state index contributed by atoms with van der Waals surface area (Å²) in [6.45, 7) is 6.23. The molecule has 1 aromatic heterocycles. The maximum Gasteiger partial charge on any atom is 0.255 e. The fourth-order valence-corrected chi connectivity index (χ4v) is 5.26. The van der Waals surface area contributed by atoms with Gasteiger partial charge in [0.05, 0.1) is 5.69 Å². The Morgan fingerprint density at radius 1 is 0.946 bits per heavy atom. The third kappa shape index (κ3) is 4.49. The largest absolute Gasteiger partial charge is 0.484 e. The smallest absolute Gasteiger partial charge is 0.255 e. The molecule has 0 bridgehead atoms. The zero-order chi connectivity index (χ0) is 25.6. The van der Waals surface area contributed by atoms with Crippen LogP contribution in [0.15, 0.2) is 89.3 Å². The molecule has 1 aliphatic heterocycles. The molecule has 6 rings (SSSR count). The molecule has 37 heavy (non-hydrogen) atoms. The SMILES string of the molecule is Cc1cc2c(c(NC(=O)c3ccccc3)c1)OC(C)(Cc1cc(C)cc3nc(-c4ccccc4)oc13)C2. The summed E-state index contributed by atoms with van der Waals surface area (Å²) in [4.78, 5) is 17.7. The lowest BCUT2D eigenvalue weighted by molar-refractivity contribution is 0.102. The Balaban J connectivity index is 1.31. The Morgan fingerprint density at radius 2 is 1.65 bits per heavy atom. The minimum Gasteiger partial charge on any atom is -0.484 e. The lowest BCUT2D eigenvalue weighted by atomic mass is 9.90. The molecule has 0 saturated heterocycles. The molecule has 0 fully saturated rings. The van der Waals surface area contributed by atoms with Gasteiger partial charge in [-0.2, -0.15) is 0 Å². The molecule has 1 atom stereocenters. The van der Waals surface area contributed by atoms with Crippen LogP contribution >= 0.6 is 0 Å². The quantitative estimate of drug-likeness (QED) is 0.282. The molecule has 0 spiro atoms. The van der Waals surface area contributed by atoms with E-state index in [0.717, 1.165) is 51.1 Å². The number of fused-ring (bicyclic) bond motifs is 2. The van der Waals surface area contributed by atoms with Crippen molar-refractivity contribution in [3.05, 3.63) is 113 Å². The molecular formula is C32H28N2O3. The van der Waals surface area contributed by atoms with Crippen molar-refractivity contribution in [2.45, 2.75) is 39.2 Å². The van der Waals surface area contributed by atoms with Gasteiger partial charge in [0, 0.05) is 35.1 Å². The predicted octanol–water partition coefficient (Wildman–Crippen LogP) is 7.30. The van der Waals surface area contributed by atoms with E-state index in [-0.39, 0.29) is 5.91 Å². The van der Waals surface area contributed by atoms with Gasteiger partial charge in [-0.05, 0) is 68.3 Å². The van der Waals surface area contributed by atoms with Crippen molar-refractivity contribution >= 4 is 22.7 Å². The van der Waals surface area contributed by atoms with E-state index in [9.17, 15) is 4.79 Å². The van der Waals surface area contributed by atoms with Crippen molar-refractivity contribution in [1.82, 2.24) is 4.98 Å². The van der Waals surface area contributed by atoms with Crippen LogP contribution in [0.3, 0.4) is 0 Å². The van der Waals surface area contributed by atoms with Crippen LogP contribution in [0.2, 0.25) is 0 Å². The lowest BCUT2D eigenvalue weighted by Crippen LogP contribution is -2.33. The Hall–Kier alpha value is -4.38. The lowest BCUT2D eigenvalue weighted by Gasteiger charge is -2.25. The van der Waals surface area contributed by atoms with Crippen LogP contribution in [0.4, 0.5) is 5.69 Å². The minimum atomic E-state index is -0.497. The van der Waals surface area contributed by atoms with Gasteiger partial charge in [-0.1, -0.05) is 48.5 Å². The Kier molecular flexibility index (Phi) is 5.56. The first kappa shape index (κ1) is 23.0. The maximum absolute atomic E-state index is 12.9. The number of hydrogen-bond donors (Lipinski definition) is 1. The van der Waals surface area contributed by atoms with Crippen LogP contribution in [-0.4, -0.2) is 16.5 Å². The number of carbonyl (C=O) groups excluding carboxylic acids is 1. The van der Waals surface area contributed by atoms with E-state index in [2.05, 4.69) is 37.4 Å². The average Bonchev–Trinajstić information content (AvgIpc) is 3.46. The highest BCUT2D eigenvalue weighted by Gasteiger charge is 2.38. The normalized spacial score (nSPS) is 16.4. The number of anilines is 1. The summed E-state index contributed by atoms with van der Waals surface area (Å²) < 4.78 is 12.9.